The molecule has 3 aliphatic heterocycles. The van der Waals surface area contributed by atoms with E-state index in [1.165, 1.54) is 11.2 Å². The van der Waals surface area contributed by atoms with Crippen LogP contribution in [0.3, 0.4) is 0 Å². The molecule has 1 aromatic heterocycles. The monoisotopic (exact) mass is 468 g/mol. The van der Waals surface area contributed by atoms with E-state index in [9.17, 15) is 22.8 Å². The van der Waals surface area contributed by atoms with E-state index in [4.69, 9.17) is 0 Å². The highest BCUT2D eigenvalue weighted by atomic mass is 32.2. The molecule has 0 saturated carbocycles. The smallest absolute Gasteiger partial charge is 0.255 e. The highest BCUT2D eigenvalue weighted by molar-refractivity contribution is 7.91. The van der Waals surface area contributed by atoms with E-state index < -0.39 is 21.8 Å². The van der Waals surface area contributed by atoms with Gasteiger partial charge in [-0.15, -0.1) is 0 Å². The van der Waals surface area contributed by atoms with Gasteiger partial charge in [-0.2, -0.15) is 0 Å². The van der Waals surface area contributed by atoms with Gasteiger partial charge < -0.3 is 4.90 Å². The summed E-state index contributed by atoms with van der Waals surface area (Å²) < 4.78 is 23.2. The standard InChI is InChI=1S/C23H24N4O5S/c1-33(31,32)17-12-26(13-17)10-14-6-7-24-19(8-14)15-2-3-18-16(9-15)11-27(23(18)30)20-4-5-21(28)25-22(20)29/h2-3,6-9,17,20H,4-5,10-13H2,1H3,(H,25,28,29). The normalized spacial score (nSPS) is 21.7. The van der Waals surface area contributed by atoms with Gasteiger partial charge in [0.15, 0.2) is 9.84 Å². The van der Waals surface area contributed by atoms with E-state index in [2.05, 4.69) is 15.2 Å². The zero-order chi connectivity index (χ0) is 23.3. The number of nitrogens with one attached hydrogen (secondary N) is 1. The summed E-state index contributed by atoms with van der Waals surface area (Å²) in [6.45, 7) is 2.03. The predicted octanol–water partition coefficient (Wildman–Crippen LogP) is 0.738. The number of carbonyl (C=O) groups excluding carboxylic acids is 3. The first kappa shape index (κ1) is 21.7. The summed E-state index contributed by atoms with van der Waals surface area (Å²) in [6, 6.07) is 8.79. The molecule has 1 N–H and O–H groups in total. The lowest BCUT2D eigenvalue weighted by molar-refractivity contribution is -0.136. The minimum absolute atomic E-state index is 0.203. The summed E-state index contributed by atoms with van der Waals surface area (Å²) in [5.74, 6) is -0.934. The molecule has 2 saturated heterocycles. The zero-order valence-electron chi connectivity index (χ0n) is 18.2. The minimum atomic E-state index is -3.00. The van der Waals surface area contributed by atoms with Gasteiger partial charge in [-0.25, -0.2) is 8.42 Å². The molecule has 1 atom stereocenters. The number of amides is 3. The van der Waals surface area contributed by atoms with Crippen LogP contribution in [0.5, 0.6) is 0 Å². The first-order valence-electron chi connectivity index (χ1n) is 10.8. The average molecular weight is 469 g/mol. The molecule has 9 nitrogen and oxygen atoms in total. The van der Waals surface area contributed by atoms with E-state index in [1.807, 2.05) is 24.3 Å². The topological polar surface area (TPSA) is 117 Å². The Labute approximate surface area is 191 Å². The maximum absolute atomic E-state index is 12.9. The molecule has 2 fully saturated rings. The Morgan fingerprint density at radius 2 is 1.91 bits per heavy atom. The number of aromatic nitrogens is 1. The summed E-state index contributed by atoms with van der Waals surface area (Å²) in [6.07, 6.45) is 3.56. The molecule has 33 heavy (non-hydrogen) atoms. The van der Waals surface area contributed by atoms with Crippen LogP contribution < -0.4 is 5.32 Å². The van der Waals surface area contributed by atoms with Crippen molar-refractivity contribution < 1.29 is 22.8 Å². The van der Waals surface area contributed by atoms with E-state index >= 15 is 0 Å². The third kappa shape index (κ3) is 4.16. The SMILES string of the molecule is CS(=O)(=O)C1CN(Cc2ccnc(-c3ccc4c(c3)CN(C3CCC(=O)NC3=O)C4=O)c2)C1. The van der Waals surface area contributed by atoms with Crippen LogP contribution in [0.15, 0.2) is 36.5 Å². The number of nitrogens with zero attached hydrogens (tertiary/aromatic N) is 3. The molecule has 0 bridgehead atoms. The number of pyridine rings is 1. The van der Waals surface area contributed by atoms with Gasteiger partial charge in [-0.05, 0) is 41.8 Å². The van der Waals surface area contributed by atoms with Crippen molar-refractivity contribution in [3.05, 3.63) is 53.2 Å². The second-order valence-electron chi connectivity index (χ2n) is 8.97. The van der Waals surface area contributed by atoms with Crippen molar-refractivity contribution in [2.45, 2.75) is 37.2 Å². The number of sulfone groups is 1. The van der Waals surface area contributed by atoms with Crippen LogP contribution >= 0.6 is 0 Å². The maximum atomic E-state index is 12.9. The van der Waals surface area contributed by atoms with Crippen LogP contribution in [0.2, 0.25) is 0 Å². The lowest BCUT2D eigenvalue weighted by Gasteiger charge is -2.37. The lowest BCUT2D eigenvalue weighted by Crippen LogP contribution is -2.53. The summed E-state index contributed by atoms with van der Waals surface area (Å²) in [7, 11) is -3.00. The van der Waals surface area contributed by atoms with Gasteiger partial charge in [0.1, 0.15) is 6.04 Å². The average Bonchev–Trinajstić information content (AvgIpc) is 3.05. The van der Waals surface area contributed by atoms with Crippen LogP contribution in [-0.4, -0.2) is 71.6 Å². The number of imide groups is 1. The van der Waals surface area contributed by atoms with Crippen LogP contribution in [0.1, 0.15) is 34.3 Å². The lowest BCUT2D eigenvalue weighted by atomic mass is 10.0. The summed E-state index contributed by atoms with van der Waals surface area (Å²) in [5.41, 5.74) is 4.06. The second-order valence-corrected chi connectivity index (χ2v) is 11.3. The molecular weight excluding hydrogens is 444 g/mol. The Balaban J connectivity index is 1.31. The quantitative estimate of drug-likeness (QED) is 0.643. The van der Waals surface area contributed by atoms with Crippen molar-refractivity contribution >= 4 is 27.6 Å². The first-order valence-corrected chi connectivity index (χ1v) is 12.8. The van der Waals surface area contributed by atoms with Crippen molar-refractivity contribution in [3.8, 4) is 11.3 Å². The molecule has 0 radical (unpaired) electrons. The van der Waals surface area contributed by atoms with Crippen LogP contribution in [0, 0.1) is 0 Å². The number of carbonyl (C=O) groups is 3. The number of hydrogen-bond donors (Lipinski definition) is 1. The molecular formula is C23H24N4O5S. The fourth-order valence-electron chi connectivity index (χ4n) is 4.64. The molecule has 0 spiro atoms. The van der Waals surface area contributed by atoms with Crippen molar-refractivity contribution in [1.29, 1.82) is 0 Å². The third-order valence-corrected chi connectivity index (χ3v) is 8.09. The highest BCUT2D eigenvalue weighted by Gasteiger charge is 2.39. The van der Waals surface area contributed by atoms with Crippen LogP contribution in [0.25, 0.3) is 11.3 Å². The van der Waals surface area contributed by atoms with Crippen molar-refractivity contribution in [2.75, 3.05) is 19.3 Å². The molecule has 2 aromatic rings. The highest BCUT2D eigenvalue weighted by Crippen LogP contribution is 2.31. The molecule has 1 unspecified atom stereocenters. The van der Waals surface area contributed by atoms with E-state index in [0.29, 0.717) is 38.2 Å². The van der Waals surface area contributed by atoms with Crippen molar-refractivity contribution in [3.63, 3.8) is 0 Å². The Hall–Kier alpha value is -3.11. The molecule has 4 heterocycles. The third-order valence-electron chi connectivity index (χ3n) is 6.58. The van der Waals surface area contributed by atoms with E-state index in [-0.39, 0.29) is 23.5 Å². The second kappa shape index (κ2) is 8.03. The maximum Gasteiger partial charge on any atom is 0.255 e. The Morgan fingerprint density at radius 1 is 1.12 bits per heavy atom. The summed E-state index contributed by atoms with van der Waals surface area (Å²) in [5, 5.41) is 2.02. The van der Waals surface area contributed by atoms with Crippen molar-refractivity contribution in [2.24, 2.45) is 0 Å². The predicted molar refractivity (Wildman–Crippen MR) is 120 cm³/mol. The van der Waals surface area contributed by atoms with Gasteiger partial charge in [-0.1, -0.05) is 6.07 Å². The van der Waals surface area contributed by atoms with Gasteiger partial charge in [0.2, 0.25) is 11.8 Å². The van der Waals surface area contributed by atoms with Gasteiger partial charge in [0.05, 0.1) is 10.9 Å². The molecule has 5 rings (SSSR count). The van der Waals surface area contributed by atoms with E-state index in [0.717, 1.165) is 22.4 Å². The number of piperidine rings is 1. The molecule has 1 aromatic carbocycles. The minimum Gasteiger partial charge on any atom is -0.322 e. The Morgan fingerprint density at radius 3 is 2.64 bits per heavy atom. The van der Waals surface area contributed by atoms with Crippen LogP contribution in [0.4, 0.5) is 0 Å². The number of benzene rings is 1. The number of likely N-dealkylation sites (tertiary alicyclic amines) is 1. The molecule has 3 aliphatic rings. The van der Waals surface area contributed by atoms with Gasteiger partial charge in [-0.3, -0.25) is 29.6 Å². The van der Waals surface area contributed by atoms with Gasteiger partial charge in [0, 0.05) is 56.2 Å². The Bertz CT molecular complexity index is 1270. The summed E-state index contributed by atoms with van der Waals surface area (Å²) >= 11 is 0. The fourth-order valence-corrected chi connectivity index (χ4v) is 5.61. The fraction of sp³-hybridized carbons (Fsp3) is 0.391. The Kier molecular flexibility index (Phi) is 5.29. The first-order chi connectivity index (χ1) is 15.7. The zero-order valence-corrected chi connectivity index (χ0v) is 19.0. The van der Waals surface area contributed by atoms with Gasteiger partial charge >= 0.3 is 0 Å². The van der Waals surface area contributed by atoms with Crippen LogP contribution in [-0.2, 0) is 32.5 Å². The molecule has 10 heteroatoms. The number of fused-ring (bicyclic) bond motifs is 1. The van der Waals surface area contributed by atoms with Crippen molar-refractivity contribution in [1.82, 2.24) is 20.1 Å². The number of rotatable bonds is 5. The van der Waals surface area contributed by atoms with Gasteiger partial charge in [0.25, 0.3) is 5.91 Å². The molecule has 0 aliphatic carbocycles. The summed E-state index contributed by atoms with van der Waals surface area (Å²) in [4.78, 5) is 44.6. The molecule has 172 valence electrons. The van der Waals surface area contributed by atoms with E-state index in [1.54, 1.807) is 12.3 Å². The molecule has 3 amide bonds. The largest absolute Gasteiger partial charge is 0.322 e. The number of hydrogen-bond acceptors (Lipinski definition) is 7.